The lowest BCUT2D eigenvalue weighted by molar-refractivity contribution is -0.119. The largest absolute Gasteiger partial charge is 0.493 e. The number of nitrogens with one attached hydrogen (secondary N) is 2. The van der Waals surface area contributed by atoms with Crippen LogP contribution in [0.15, 0.2) is 48.5 Å². The predicted octanol–water partition coefficient (Wildman–Crippen LogP) is 3.31. The molecule has 0 aliphatic heterocycles. The second-order valence-corrected chi connectivity index (χ2v) is 6.29. The van der Waals surface area contributed by atoms with Crippen molar-refractivity contribution >= 4 is 23.2 Å². The number of rotatable bonds is 8. The maximum Gasteiger partial charge on any atom is 0.255 e. The van der Waals surface area contributed by atoms with E-state index in [1.54, 1.807) is 48.5 Å². The van der Waals surface area contributed by atoms with Crippen molar-refractivity contribution in [3.05, 3.63) is 54.1 Å². The standard InChI is InChI=1S/C20H22N2O4/c1-25-13-19(23)21-16-3-2-4-17(11-16)22-20(24)15-7-9-18(10-8-15)26-12-14-5-6-14/h2-4,7-11,14H,5-6,12-13H2,1H3,(H,21,23)(H,22,24). The fourth-order valence-corrected chi connectivity index (χ4v) is 2.41. The smallest absolute Gasteiger partial charge is 0.255 e. The van der Waals surface area contributed by atoms with E-state index >= 15 is 0 Å². The minimum Gasteiger partial charge on any atom is -0.493 e. The number of benzene rings is 2. The van der Waals surface area contributed by atoms with Crippen molar-refractivity contribution in [2.45, 2.75) is 12.8 Å². The Hall–Kier alpha value is -2.86. The fraction of sp³-hybridized carbons (Fsp3) is 0.300. The summed E-state index contributed by atoms with van der Waals surface area (Å²) in [5, 5.41) is 5.52. The van der Waals surface area contributed by atoms with E-state index in [2.05, 4.69) is 10.6 Å². The molecule has 0 spiro atoms. The molecule has 136 valence electrons. The Labute approximate surface area is 152 Å². The van der Waals surface area contributed by atoms with Crippen LogP contribution in [-0.2, 0) is 9.53 Å². The van der Waals surface area contributed by atoms with Gasteiger partial charge in [0.15, 0.2) is 0 Å². The van der Waals surface area contributed by atoms with Gasteiger partial charge in [0.05, 0.1) is 6.61 Å². The molecule has 1 aliphatic rings. The lowest BCUT2D eigenvalue weighted by Gasteiger charge is -2.09. The van der Waals surface area contributed by atoms with Crippen molar-refractivity contribution in [2.24, 2.45) is 5.92 Å². The maximum atomic E-state index is 12.4. The second-order valence-electron chi connectivity index (χ2n) is 6.29. The molecule has 26 heavy (non-hydrogen) atoms. The summed E-state index contributed by atoms with van der Waals surface area (Å²) >= 11 is 0. The molecule has 1 aliphatic carbocycles. The molecule has 2 aromatic carbocycles. The Balaban J connectivity index is 1.57. The highest BCUT2D eigenvalue weighted by molar-refractivity contribution is 6.04. The van der Waals surface area contributed by atoms with Gasteiger partial charge in [-0.05, 0) is 61.2 Å². The van der Waals surface area contributed by atoms with Crippen molar-refractivity contribution in [3.8, 4) is 5.75 Å². The summed E-state index contributed by atoms with van der Waals surface area (Å²) in [6.45, 7) is 0.721. The van der Waals surface area contributed by atoms with E-state index in [-0.39, 0.29) is 18.4 Å². The van der Waals surface area contributed by atoms with Gasteiger partial charge in [0.2, 0.25) is 5.91 Å². The Bertz CT molecular complexity index is 770. The topological polar surface area (TPSA) is 76.7 Å². The monoisotopic (exact) mass is 354 g/mol. The van der Waals surface area contributed by atoms with Gasteiger partial charge in [-0.2, -0.15) is 0 Å². The first-order valence-corrected chi connectivity index (χ1v) is 8.57. The van der Waals surface area contributed by atoms with Gasteiger partial charge in [0.1, 0.15) is 12.4 Å². The number of anilines is 2. The third kappa shape index (κ3) is 5.32. The Kier molecular flexibility index (Phi) is 5.86. The SMILES string of the molecule is COCC(=O)Nc1cccc(NC(=O)c2ccc(OCC3CC3)cc2)c1. The van der Waals surface area contributed by atoms with Crippen LogP contribution in [0.4, 0.5) is 11.4 Å². The highest BCUT2D eigenvalue weighted by Gasteiger charge is 2.21. The van der Waals surface area contributed by atoms with Crippen LogP contribution in [0.5, 0.6) is 5.75 Å². The molecule has 3 rings (SSSR count). The Morgan fingerprint density at radius 2 is 1.73 bits per heavy atom. The van der Waals surface area contributed by atoms with Crippen LogP contribution in [0, 0.1) is 5.92 Å². The second kappa shape index (κ2) is 8.49. The van der Waals surface area contributed by atoms with Crippen molar-refractivity contribution in [1.29, 1.82) is 0 Å². The van der Waals surface area contributed by atoms with E-state index in [0.29, 0.717) is 22.9 Å². The van der Waals surface area contributed by atoms with Crippen molar-refractivity contribution in [2.75, 3.05) is 31.0 Å². The molecule has 6 heteroatoms. The summed E-state index contributed by atoms with van der Waals surface area (Å²) in [6, 6.07) is 14.0. The van der Waals surface area contributed by atoms with Gasteiger partial charge in [-0.1, -0.05) is 6.07 Å². The molecule has 1 fully saturated rings. The van der Waals surface area contributed by atoms with E-state index in [1.807, 2.05) is 0 Å². The molecule has 6 nitrogen and oxygen atoms in total. The van der Waals surface area contributed by atoms with Gasteiger partial charge >= 0.3 is 0 Å². The summed E-state index contributed by atoms with van der Waals surface area (Å²) in [6.07, 6.45) is 2.48. The molecular formula is C20H22N2O4. The maximum absolute atomic E-state index is 12.4. The van der Waals surface area contributed by atoms with Crippen LogP contribution in [0.1, 0.15) is 23.2 Å². The summed E-state index contributed by atoms with van der Waals surface area (Å²) in [7, 11) is 1.46. The summed E-state index contributed by atoms with van der Waals surface area (Å²) < 4.78 is 10.5. The third-order valence-electron chi connectivity index (χ3n) is 3.98. The first-order valence-electron chi connectivity index (χ1n) is 8.57. The van der Waals surface area contributed by atoms with Crippen LogP contribution in [-0.4, -0.2) is 32.1 Å². The molecule has 2 amide bonds. The molecule has 0 bridgehead atoms. The molecule has 2 N–H and O–H groups in total. The molecule has 0 saturated heterocycles. The van der Waals surface area contributed by atoms with Crippen LogP contribution in [0.2, 0.25) is 0 Å². The average Bonchev–Trinajstić information content (AvgIpc) is 3.45. The minimum absolute atomic E-state index is 0.0221. The number of carbonyl (C=O) groups is 2. The molecule has 1 saturated carbocycles. The summed E-state index contributed by atoms with van der Waals surface area (Å²) in [5.74, 6) is 0.989. The Morgan fingerprint density at radius 1 is 1.04 bits per heavy atom. The van der Waals surface area contributed by atoms with E-state index in [4.69, 9.17) is 9.47 Å². The zero-order valence-corrected chi connectivity index (χ0v) is 14.7. The number of hydrogen-bond donors (Lipinski definition) is 2. The Morgan fingerprint density at radius 3 is 2.38 bits per heavy atom. The van der Waals surface area contributed by atoms with Crippen molar-refractivity contribution in [3.63, 3.8) is 0 Å². The van der Waals surface area contributed by atoms with Gasteiger partial charge in [0.25, 0.3) is 5.91 Å². The summed E-state index contributed by atoms with van der Waals surface area (Å²) in [4.78, 5) is 23.9. The molecule has 2 aromatic rings. The highest BCUT2D eigenvalue weighted by atomic mass is 16.5. The molecule has 0 aromatic heterocycles. The normalized spacial score (nSPS) is 13.1. The zero-order valence-electron chi connectivity index (χ0n) is 14.7. The van der Waals surface area contributed by atoms with Crippen molar-refractivity contribution < 1.29 is 19.1 Å². The van der Waals surface area contributed by atoms with Crippen molar-refractivity contribution in [1.82, 2.24) is 0 Å². The minimum atomic E-state index is -0.252. The fourth-order valence-electron chi connectivity index (χ4n) is 2.41. The highest BCUT2D eigenvalue weighted by Crippen LogP contribution is 2.29. The summed E-state index contributed by atoms with van der Waals surface area (Å²) in [5.41, 5.74) is 1.73. The van der Waals surface area contributed by atoms with E-state index in [9.17, 15) is 9.59 Å². The molecule has 0 heterocycles. The first kappa shape index (κ1) is 17.9. The molecule has 0 radical (unpaired) electrons. The number of amides is 2. The van der Waals surface area contributed by atoms with Crippen LogP contribution in [0.3, 0.4) is 0 Å². The van der Waals surface area contributed by atoms with Gasteiger partial charge in [-0.25, -0.2) is 0 Å². The van der Waals surface area contributed by atoms with Gasteiger partial charge in [0, 0.05) is 24.0 Å². The van der Waals surface area contributed by atoms with E-state index in [0.717, 1.165) is 12.4 Å². The van der Waals surface area contributed by atoms with Crippen LogP contribution in [0.25, 0.3) is 0 Å². The number of hydrogen-bond acceptors (Lipinski definition) is 4. The predicted molar refractivity (Wildman–Crippen MR) is 99.6 cm³/mol. The molecule has 0 atom stereocenters. The van der Waals surface area contributed by atoms with Crippen LogP contribution >= 0.6 is 0 Å². The first-order chi connectivity index (χ1) is 12.6. The van der Waals surface area contributed by atoms with Gasteiger partial charge in [-0.3, -0.25) is 9.59 Å². The lowest BCUT2D eigenvalue weighted by Crippen LogP contribution is -2.17. The van der Waals surface area contributed by atoms with Gasteiger partial charge in [-0.15, -0.1) is 0 Å². The molecule has 0 unspecified atom stereocenters. The zero-order chi connectivity index (χ0) is 18.4. The third-order valence-corrected chi connectivity index (χ3v) is 3.98. The average molecular weight is 354 g/mol. The van der Waals surface area contributed by atoms with E-state index < -0.39 is 0 Å². The van der Waals surface area contributed by atoms with E-state index in [1.165, 1.54) is 20.0 Å². The number of carbonyl (C=O) groups excluding carboxylic acids is 2. The van der Waals surface area contributed by atoms with Gasteiger partial charge < -0.3 is 20.1 Å². The number of methoxy groups -OCH3 is 1. The lowest BCUT2D eigenvalue weighted by atomic mass is 10.2. The van der Waals surface area contributed by atoms with Crippen LogP contribution < -0.4 is 15.4 Å². The quantitative estimate of drug-likeness (QED) is 0.762. The number of ether oxygens (including phenoxy) is 2. The molecular weight excluding hydrogens is 332 g/mol.